The summed E-state index contributed by atoms with van der Waals surface area (Å²) in [5, 5.41) is 0. The van der Waals surface area contributed by atoms with Gasteiger partial charge in [0.2, 0.25) is 10.0 Å². The predicted molar refractivity (Wildman–Crippen MR) is 114 cm³/mol. The second kappa shape index (κ2) is 10.6. The molecule has 2 fully saturated rings. The van der Waals surface area contributed by atoms with E-state index in [0.29, 0.717) is 32.9 Å². The first-order chi connectivity index (χ1) is 14.9. The lowest BCUT2D eigenvalue weighted by Crippen LogP contribution is -2.43. The van der Waals surface area contributed by atoms with Crippen LogP contribution in [0.3, 0.4) is 0 Å². The minimum Gasteiger partial charge on any atom is -0.493 e. The fraction of sp³-hybridized carbons (Fsp3) is 0.667. The molecule has 10 heteroatoms. The summed E-state index contributed by atoms with van der Waals surface area (Å²) in [4.78, 5) is 15.1. The standard InChI is InChI=1S/C21H32N2O7S/c1-4-10-30-16-6-5-7-22(15-16)21(24)18-13-17(14-19(27-2)20(18)28-3)31(25,26)23-8-11-29-12-9-23/h13-14,16H,4-12,15H2,1-3H3. The number of amides is 1. The van der Waals surface area contributed by atoms with Crippen LogP contribution in [0.15, 0.2) is 17.0 Å². The van der Waals surface area contributed by atoms with Crippen molar-refractivity contribution in [1.29, 1.82) is 0 Å². The van der Waals surface area contributed by atoms with Crippen molar-refractivity contribution in [2.75, 3.05) is 60.2 Å². The number of benzene rings is 1. The van der Waals surface area contributed by atoms with Crippen LogP contribution in [0.2, 0.25) is 0 Å². The Hall–Kier alpha value is -1.88. The summed E-state index contributed by atoms with van der Waals surface area (Å²) < 4.78 is 49.7. The average molecular weight is 457 g/mol. The normalized spacial score (nSPS) is 20.5. The fourth-order valence-corrected chi connectivity index (χ4v) is 5.35. The number of piperidine rings is 1. The molecule has 0 spiro atoms. The van der Waals surface area contributed by atoms with Crippen LogP contribution in [0.25, 0.3) is 0 Å². The molecule has 0 radical (unpaired) electrons. The molecule has 1 amide bonds. The quantitative estimate of drug-likeness (QED) is 0.588. The molecule has 1 unspecified atom stereocenters. The van der Waals surface area contributed by atoms with Crippen LogP contribution in [0.5, 0.6) is 11.5 Å². The minimum atomic E-state index is -3.81. The van der Waals surface area contributed by atoms with Gasteiger partial charge in [-0.1, -0.05) is 6.92 Å². The van der Waals surface area contributed by atoms with Gasteiger partial charge >= 0.3 is 0 Å². The lowest BCUT2D eigenvalue weighted by Gasteiger charge is -2.33. The number of nitrogens with zero attached hydrogens (tertiary/aromatic N) is 2. The van der Waals surface area contributed by atoms with Gasteiger partial charge in [-0.05, 0) is 25.3 Å². The molecule has 2 saturated heterocycles. The largest absolute Gasteiger partial charge is 0.493 e. The molecule has 9 nitrogen and oxygen atoms in total. The Morgan fingerprint density at radius 2 is 1.90 bits per heavy atom. The van der Waals surface area contributed by atoms with Crippen molar-refractivity contribution in [1.82, 2.24) is 9.21 Å². The second-order valence-corrected chi connectivity index (χ2v) is 9.55. The van der Waals surface area contributed by atoms with Gasteiger partial charge in [0, 0.05) is 38.9 Å². The average Bonchev–Trinajstić information content (AvgIpc) is 2.81. The van der Waals surface area contributed by atoms with Crippen molar-refractivity contribution < 1.29 is 32.2 Å². The number of rotatable bonds is 8. The molecule has 174 valence electrons. The third kappa shape index (κ3) is 5.31. The second-order valence-electron chi connectivity index (χ2n) is 7.61. The molecule has 0 bridgehead atoms. The van der Waals surface area contributed by atoms with E-state index in [1.165, 1.54) is 30.7 Å². The number of methoxy groups -OCH3 is 2. The first kappa shape index (κ1) is 23.8. The van der Waals surface area contributed by atoms with Crippen molar-refractivity contribution in [2.45, 2.75) is 37.2 Å². The molecule has 0 N–H and O–H groups in total. The SMILES string of the molecule is CCCOC1CCCN(C(=O)c2cc(S(=O)(=O)N3CCOCC3)cc(OC)c2OC)C1. The maximum Gasteiger partial charge on any atom is 0.257 e. The topological polar surface area (TPSA) is 94.6 Å². The predicted octanol–water partition coefficient (Wildman–Crippen LogP) is 1.76. The Morgan fingerprint density at radius 3 is 2.55 bits per heavy atom. The Balaban J connectivity index is 1.94. The summed E-state index contributed by atoms with van der Waals surface area (Å²) in [6, 6.07) is 2.80. The number of hydrogen-bond donors (Lipinski definition) is 0. The first-order valence-corrected chi connectivity index (χ1v) is 12.1. The minimum absolute atomic E-state index is 0.00573. The maximum absolute atomic E-state index is 13.4. The maximum atomic E-state index is 13.4. The number of hydrogen-bond acceptors (Lipinski definition) is 7. The van der Waals surface area contributed by atoms with E-state index in [9.17, 15) is 13.2 Å². The molecule has 1 aromatic rings. The van der Waals surface area contributed by atoms with Crippen LogP contribution in [-0.4, -0.2) is 89.9 Å². The highest BCUT2D eigenvalue weighted by atomic mass is 32.2. The molecule has 2 aliphatic heterocycles. The van der Waals surface area contributed by atoms with Crippen molar-refractivity contribution in [3.8, 4) is 11.5 Å². The zero-order valence-corrected chi connectivity index (χ0v) is 19.3. The highest BCUT2D eigenvalue weighted by Gasteiger charge is 2.32. The molecule has 1 aromatic carbocycles. The van der Waals surface area contributed by atoms with Crippen LogP contribution in [-0.2, 0) is 19.5 Å². The lowest BCUT2D eigenvalue weighted by atomic mass is 10.1. The van der Waals surface area contributed by atoms with Gasteiger partial charge in [-0.25, -0.2) is 8.42 Å². The Labute approximate surface area is 184 Å². The van der Waals surface area contributed by atoms with Crippen LogP contribution < -0.4 is 9.47 Å². The highest BCUT2D eigenvalue weighted by Crippen LogP contribution is 2.36. The third-order valence-corrected chi connectivity index (χ3v) is 7.39. The zero-order valence-electron chi connectivity index (χ0n) is 18.5. The number of sulfonamides is 1. The van der Waals surface area contributed by atoms with Gasteiger partial charge in [-0.15, -0.1) is 0 Å². The monoisotopic (exact) mass is 456 g/mol. The van der Waals surface area contributed by atoms with Crippen LogP contribution in [0.4, 0.5) is 0 Å². The van der Waals surface area contributed by atoms with E-state index >= 15 is 0 Å². The molecule has 3 rings (SSSR count). The molecule has 2 heterocycles. The number of likely N-dealkylation sites (tertiary alicyclic amines) is 1. The Bertz CT molecular complexity index is 869. The Morgan fingerprint density at radius 1 is 1.16 bits per heavy atom. The van der Waals surface area contributed by atoms with Gasteiger partial charge < -0.3 is 23.8 Å². The molecule has 1 atom stereocenters. The first-order valence-electron chi connectivity index (χ1n) is 10.7. The van der Waals surface area contributed by atoms with Gasteiger partial charge in [-0.2, -0.15) is 4.31 Å². The van der Waals surface area contributed by atoms with Crippen molar-refractivity contribution in [3.63, 3.8) is 0 Å². The van der Waals surface area contributed by atoms with Crippen molar-refractivity contribution in [3.05, 3.63) is 17.7 Å². The third-order valence-electron chi connectivity index (χ3n) is 5.51. The summed E-state index contributed by atoms with van der Waals surface area (Å²) in [6.45, 7) is 4.95. The van der Waals surface area contributed by atoms with Crippen LogP contribution in [0, 0.1) is 0 Å². The number of ether oxygens (including phenoxy) is 4. The van der Waals surface area contributed by atoms with E-state index < -0.39 is 10.0 Å². The smallest absolute Gasteiger partial charge is 0.257 e. The number of carbonyl (C=O) groups is 1. The lowest BCUT2D eigenvalue weighted by molar-refractivity contribution is 0.00199. The van der Waals surface area contributed by atoms with Gasteiger partial charge in [0.25, 0.3) is 5.91 Å². The molecule has 2 aliphatic rings. The van der Waals surface area contributed by atoms with E-state index in [1.807, 2.05) is 6.92 Å². The van der Waals surface area contributed by atoms with E-state index in [-0.39, 0.29) is 47.1 Å². The molecule has 0 aliphatic carbocycles. The molecular weight excluding hydrogens is 424 g/mol. The van der Waals surface area contributed by atoms with E-state index in [2.05, 4.69) is 0 Å². The summed E-state index contributed by atoms with van der Waals surface area (Å²) >= 11 is 0. The van der Waals surface area contributed by atoms with Crippen molar-refractivity contribution >= 4 is 15.9 Å². The fourth-order valence-electron chi connectivity index (χ4n) is 3.90. The number of carbonyl (C=O) groups excluding carboxylic acids is 1. The van der Waals surface area contributed by atoms with Gasteiger partial charge in [0.15, 0.2) is 11.5 Å². The molecule has 31 heavy (non-hydrogen) atoms. The highest BCUT2D eigenvalue weighted by molar-refractivity contribution is 7.89. The summed E-state index contributed by atoms with van der Waals surface area (Å²) in [7, 11) is -0.945. The van der Waals surface area contributed by atoms with E-state index in [4.69, 9.17) is 18.9 Å². The Kier molecular flexibility index (Phi) is 8.15. The van der Waals surface area contributed by atoms with E-state index in [1.54, 1.807) is 4.90 Å². The van der Waals surface area contributed by atoms with E-state index in [0.717, 1.165) is 19.3 Å². The molecule has 0 aromatic heterocycles. The molecule has 0 saturated carbocycles. The summed E-state index contributed by atoms with van der Waals surface area (Å²) in [5.41, 5.74) is 0.171. The summed E-state index contributed by atoms with van der Waals surface area (Å²) in [5.74, 6) is 0.139. The zero-order chi connectivity index (χ0) is 22.4. The van der Waals surface area contributed by atoms with Crippen LogP contribution >= 0.6 is 0 Å². The van der Waals surface area contributed by atoms with Gasteiger partial charge in [0.1, 0.15) is 0 Å². The van der Waals surface area contributed by atoms with Crippen molar-refractivity contribution in [2.24, 2.45) is 0 Å². The summed E-state index contributed by atoms with van der Waals surface area (Å²) in [6.07, 6.45) is 2.61. The van der Waals surface area contributed by atoms with Gasteiger partial charge in [0.05, 0.1) is 44.0 Å². The number of morpholine rings is 1. The van der Waals surface area contributed by atoms with Crippen LogP contribution in [0.1, 0.15) is 36.5 Å². The molecular formula is C21H32N2O7S. The van der Waals surface area contributed by atoms with Gasteiger partial charge in [-0.3, -0.25) is 4.79 Å².